The van der Waals surface area contributed by atoms with E-state index in [9.17, 15) is 4.79 Å². The SMILES string of the molecule is O=C(CSc1nc2ccccc2n1Cc1ccccc1Cl)NN=Cc1ccc(Br)cc1. The molecule has 8 heteroatoms. The Bertz CT molecular complexity index is 1240. The molecule has 0 fully saturated rings. The molecule has 0 atom stereocenters. The maximum atomic E-state index is 12.3. The number of thioether (sulfide) groups is 1. The van der Waals surface area contributed by atoms with Crippen molar-refractivity contribution in [1.82, 2.24) is 15.0 Å². The van der Waals surface area contributed by atoms with Gasteiger partial charge in [-0.1, -0.05) is 81.8 Å². The van der Waals surface area contributed by atoms with Gasteiger partial charge in [-0.05, 0) is 41.5 Å². The summed E-state index contributed by atoms with van der Waals surface area (Å²) in [7, 11) is 0. The van der Waals surface area contributed by atoms with E-state index in [-0.39, 0.29) is 11.7 Å². The summed E-state index contributed by atoms with van der Waals surface area (Å²) in [6.45, 7) is 0.575. The lowest BCUT2D eigenvalue weighted by Gasteiger charge is -2.10. The monoisotopic (exact) mass is 512 g/mol. The van der Waals surface area contributed by atoms with Gasteiger partial charge in [-0.2, -0.15) is 5.10 Å². The number of para-hydroxylation sites is 2. The second kappa shape index (κ2) is 10.1. The van der Waals surface area contributed by atoms with Crippen LogP contribution in [0.2, 0.25) is 5.02 Å². The fraction of sp³-hybridized carbons (Fsp3) is 0.0870. The van der Waals surface area contributed by atoms with E-state index in [1.165, 1.54) is 11.8 Å². The minimum Gasteiger partial charge on any atom is -0.314 e. The van der Waals surface area contributed by atoms with Crippen molar-refractivity contribution in [3.05, 3.63) is 93.4 Å². The van der Waals surface area contributed by atoms with Crippen LogP contribution in [0.3, 0.4) is 0 Å². The lowest BCUT2D eigenvalue weighted by Crippen LogP contribution is -2.20. The number of amides is 1. The van der Waals surface area contributed by atoms with Crippen molar-refractivity contribution in [2.75, 3.05) is 5.75 Å². The Morgan fingerprint density at radius 1 is 1.10 bits per heavy atom. The molecule has 1 heterocycles. The topological polar surface area (TPSA) is 59.3 Å². The number of fused-ring (bicyclic) bond motifs is 1. The zero-order valence-electron chi connectivity index (χ0n) is 16.3. The van der Waals surface area contributed by atoms with Gasteiger partial charge < -0.3 is 4.57 Å². The van der Waals surface area contributed by atoms with Crippen LogP contribution in [0.25, 0.3) is 11.0 Å². The molecule has 0 bridgehead atoms. The Morgan fingerprint density at radius 2 is 1.84 bits per heavy atom. The number of benzene rings is 3. The van der Waals surface area contributed by atoms with E-state index in [2.05, 4.69) is 31.0 Å². The number of rotatable bonds is 7. The minimum atomic E-state index is -0.199. The highest BCUT2D eigenvalue weighted by atomic mass is 79.9. The summed E-state index contributed by atoms with van der Waals surface area (Å²) in [5.74, 6) is -0.00140. The van der Waals surface area contributed by atoms with Crippen molar-refractivity contribution in [3.8, 4) is 0 Å². The maximum Gasteiger partial charge on any atom is 0.250 e. The van der Waals surface area contributed by atoms with Crippen molar-refractivity contribution in [2.45, 2.75) is 11.7 Å². The molecular weight excluding hydrogens is 496 g/mol. The molecule has 0 aliphatic carbocycles. The number of hydrazone groups is 1. The number of imidazole rings is 1. The Kier molecular flexibility index (Phi) is 7.06. The summed E-state index contributed by atoms with van der Waals surface area (Å²) in [6.07, 6.45) is 1.61. The average molecular weight is 514 g/mol. The highest BCUT2D eigenvalue weighted by Gasteiger charge is 2.14. The molecule has 31 heavy (non-hydrogen) atoms. The van der Waals surface area contributed by atoms with Gasteiger partial charge in [-0.3, -0.25) is 4.79 Å². The van der Waals surface area contributed by atoms with Gasteiger partial charge in [0.2, 0.25) is 0 Å². The first kappa shape index (κ1) is 21.6. The van der Waals surface area contributed by atoms with E-state index in [0.29, 0.717) is 11.6 Å². The Morgan fingerprint density at radius 3 is 2.65 bits per heavy atom. The molecule has 1 N–H and O–H groups in total. The number of hydrogen-bond donors (Lipinski definition) is 1. The van der Waals surface area contributed by atoms with Crippen LogP contribution in [0, 0.1) is 0 Å². The lowest BCUT2D eigenvalue weighted by atomic mass is 10.2. The van der Waals surface area contributed by atoms with Crippen LogP contribution in [0.1, 0.15) is 11.1 Å². The van der Waals surface area contributed by atoms with Crippen LogP contribution >= 0.6 is 39.3 Å². The van der Waals surface area contributed by atoms with Crippen LogP contribution in [-0.4, -0.2) is 27.4 Å². The van der Waals surface area contributed by atoms with Gasteiger partial charge in [0.25, 0.3) is 5.91 Å². The third kappa shape index (κ3) is 5.55. The van der Waals surface area contributed by atoms with Crippen LogP contribution in [0.4, 0.5) is 0 Å². The lowest BCUT2D eigenvalue weighted by molar-refractivity contribution is -0.118. The highest BCUT2D eigenvalue weighted by molar-refractivity contribution is 9.10. The first-order chi connectivity index (χ1) is 15.1. The number of aromatic nitrogens is 2. The van der Waals surface area contributed by atoms with Crippen molar-refractivity contribution in [3.63, 3.8) is 0 Å². The van der Waals surface area contributed by atoms with Gasteiger partial charge in [0.05, 0.1) is 29.5 Å². The first-order valence-corrected chi connectivity index (χ1v) is 11.6. The summed E-state index contributed by atoms with van der Waals surface area (Å²) in [5.41, 5.74) is 6.35. The third-order valence-corrected chi connectivity index (χ3v) is 6.38. The van der Waals surface area contributed by atoms with E-state index in [4.69, 9.17) is 16.6 Å². The van der Waals surface area contributed by atoms with Crippen LogP contribution < -0.4 is 5.43 Å². The van der Waals surface area contributed by atoms with Gasteiger partial charge in [0.1, 0.15) is 0 Å². The molecule has 1 amide bonds. The van der Waals surface area contributed by atoms with Crippen LogP contribution in [0.15, 0.2) is 87.5 Å². The molecule has 5 nitrogen and oxygen atoms in total. The predicted octanol–water partition coefficient (Wildman–Crippen LogP) is 5.74. The van der Waals surface area contributed by atoms with Crippen LogP contribution in [0.5, 0.6) is 0 Å². The molecule has 156 valence electrons. The minimum absolute atomic E-state index is 0.198. The summed E-state index contributed by atoms with van der Waals surface area (Å²) < 4.78 is 3.07. The van der Waals surface area contributed by atoms with E-state index in [1.54, 1.807) is 6.21 Å². The zero-order valence-corrected chi connectivity index (χ0v) is 19.5. The summed E-state index contributed by atoms with van der Waals surface area (Å²) in [5, 5.41) is 5.49. The number of hydrogen-bond acceptors (Lipinski definition) is 4. The summed E-state index contributed by atoms with van der Waals surface area (Å²) in [6, 6.07) is 23.3. The summed E-state index contributed by atoms with van der Waals surface area (Å²) >= 11 is 11.1. The second-order valence-electron chi connectivity index (χ2n) is 6.69. The Hall–Kier alpha value is -2.61. The number of nitrogens with zero attached hydrogens (tertiary/aromatic N) is 3. The molecule has 0 aliphatic rings. The normalized spacial score (nSPS) is 11.3. The number of carbonyl (C=O) groups excluding carboxylic acids is 1. The largest absolute Gasteiger partial charge is 0.314 e. The van der Waals surface area contributed by atoms with Crippen molar-refractivity contribution >= 4 is 62.4 Å². The molecular formula is C23H18BrClN4OS. The second-order valence-corrected chi connectivity index (χ2v) is 8.96. The van der Waals surface area contributed by atoms with Gasteiger partial charge in [0.15, 0.2) is 5.16 Å². The Labute approximate surface area is 197 Å². The first-order valence-electron chi connectivity index (χ1n) is 9.49. The molecule has 0 saturated carbocycles. The van der Waals surface area contributed by atoms with Gasteiger partial charge in [0, 0.05) is 9.50 Å². The Balaban J connectivity index is 1.46. The summed E-state index contributed by atoms with van der Waals surface area (Å²) in [4.78, 5) is 17.0. The molecule has 4 rings (SSSR count). The fourth-order valence-corrected chi connectivity index (χ4v) is 4.27. The van der Waals surface area contributed by atoms with Gasteiger partial charge in [-0.15, -0.1) is 0 Å². The predicted molar refractivity (Wildman–Crippen MR) is 131 cm³/mol. The van der Waals surface area contributed by atoms with E-state index in [1.807, 2.05) is 72.8 Å². The molecule has 0 spiro atoms. The molecule has 1 aromatic heterocycles. The van der Waals surface area contributed by atoms with E-state index >= 15 is 0 Å². The average Bonchev–Trinajstić information content (AvgIpc) is 3.13. The number of nitrogens with one attached hydrogen (secondary N) is 1. The smallest absolute Gasteiger partial charge is 0.250 e. The standard InChI is InChI=1S/C23H18BrClN4OS/c24-18-11-9-16(10-12-18)13-26-28-22(30)15-31-23-27-20-7-3-4-8-21(20)29(23)14-17-5-1-2-6-19(17)25/h1-13H,14-15H2,(H,28,30). The van der Waals surface area contributed by atoms with Crippen molar-refractivity contribution < 1.29 is 4.79 Å². The number of carbonyl (C=O) groups is 1. The van der Waals surface area contributed by atoms with Gasteiger partial charge >= 0.3 is 0 Å². The van der Waals surface area contributed by atoms with Crippen LogP contribution in [-0.2, 0) is 11.3 Å². The van der Waals surface area contributed by atoms with Gasteiger partial charge in [-0.25, -0.2) is 10.4 Å². The molecule has 0 unspecified atom stereocenters. The number of halogens is 2. The van der Waals surface area contributed by atoms with E-state index in [0.717, 1.165) is 31.8 Å². The van der Waals surface area contributed by atoms with E-state index < -0.39 is 0 Å². The molecule has 3 aromatic carbocycles. The van der Waals surface area contributed by atoms with Crippen molar-refractivity contribution in [1.29, 1.82) is 0 Å². The maximum absolute atomic E-state index is 12.3. The zero-order chi connectivity index (χ0) is 21.6. The molecule has 0 radical (unpaired) electrons. The van der Waals surface area contributed by atoms with Crippen molar-refractivity contribution in [2.24, 2.45) is 5.10 Å². The fourth-order valence-electron chi connectivity index (χ4n) is 3.00. The molecule has 4 aromatic rings. The third-order valence-electron chi connectivity index (χ3n) is 4.51. The quantitative estimate of drug-likeness (QED) is 0.195. The molecule has 0 saturated heterocycles. The molecule has 0 aliphatic heterocycles. The highest BCUT2D eigenvalue weighted by Crippen LogP contribution is 2.27.